The van der Waals surface area contributed by atoms with E-state index in [0.29, 0.717) is 66.6 Å². The van der Waals surface area contributed by atoms with Crippen molar-refractivity contribution in [1.82, 2.24) is 25.2 Å². The molecule has 3 N–H and O–H groups in total. The molecule has 14 nitrogen and oxygen atoms in total. The number of amides is 4. The van der Waals surface area contributed by atoms with Gasteiger partial charge >= 0.3 is 6.09 Å². The largest absolute Gasteiger partial charge is 0.497 e. The van der Waals surface area contributed by atoms with E-state index in [2.05, 4.69) is 15.4 Å². The average molecular weight is 802 g/mol. The number of pyridine rings is 1. The normalized spacial score (nSPS) is 27.1. The van der Waals surface area contributed by atoms with Crippen LogP contribution in [0.4, 0.5) is 4.79 Å². The molecule has 0 radical (unpaired) electrons. The molecule has 5 atom stereocenters. The van der Waals surface area contributed by atoms with Crippen molar-refractivity contribution in [3.8, 4) is 22.8 Å². The zero-order valence-electron chi connectivity index (χ0n) is 32.2. The minimum absolute atomic E-state index is 0.0199. The van der Waals surface area contributed by atoms with Crippen molar-refractivity contribution in [2.75, 3.05) is 13.7 Å². The number of carbonyl (C=O) groups excluding carboxylic acids is 4. The van der Waals surface area contributed by atoms with E-state index in [1.54, 1.807) is 7.11 Å². The molecule has 57 heavy (non-hydrogen) atoms. The highest BCUT2D eigenvalue weighted by atomic mass is 32.2. The van der Waals surface area contributed by atoms with Gasteiger partial charge in [-0.15, -0.1) is 0 Å². The Morgan fingerprint density at radius 1 is 0.895 bits per heavy atom. The summed E-state index contributed by atoms with van der Waals surface area (Å²) in [5.74, 6) is -0.870. The van der Waals surface area contributed by atoms with Gasteiger partial charge in [0.05, 0.1) is 30.1 Å². The first-order chi connectivity index (χ1) is 27.5. The number of carbonyl (C=O) groups is 4. The number of alkyl carbamates (subject to hydrolysis) is 1. The van der Waals surface area contributed by atoms with E-state index in [1.165, 1.54) is 4.90 Å². The van der Waals surface area contributed by atoms with Crippen molar-refractivity contribution < 1.29 is 41.8 Å². The Balaban J connectivity index is 1.11. The smallest absolute Gasteiger partial charge is 0.408 e. The second kappa shape index (κ2) is 16.1. The molecule has 8 rings (SSSR count). The third-order valence-electron chi connectivity index (χ3n) is 12.2. The number of nitrogens with one attached hydrogen (secondary N) is 3. The van der Waals surface area contributed by atoms with E-state index < -0.39 is 62.8 Å². The number of aromatic nitrogens is 1. The highest BCUT2D eigenvalue weighted by Crippen LogP contribution is 2.48. The fourth-order valence-corrected chi connectivity index (χ4v) is 10.1. The Hall–Kier alpha value is -4.92. The van der Waals surface area contributed by atoms with Gasteiger partial charge in [-0.1, -0.05) is 56.0 Å². The first-order valence-corrected chi connectivity index (χ1v) is 21.9. The highest BCUT2D eigenvalue weighted by Gasteiger charge is 2.62. The monoisotopic (exact) mass is 801 g/mol. The lowest BCUT2D eigenvalue weighted by Gasteiger charge is -2.30. The fraction of sp³-hybridized carbons (Fsp3) is 0.548. The molecule has 0 bridgehead atoms. The summed E-state index contributed by atoms with van der Waals surface area (Å²) in [6, 6.07) is 15.0. The van der Waals surface area contributed by atoms with E-state index in [4.69, 9.17) is 19.2 Å². The van der Waals surface area contributed by atoms with Crippen molar-refractivity contribution in [2.45, 2.75) is 125 Å². The van der Waals surface area contributed by atoms with Crippen LogP contribution >= 0.6 is 0 Å². The Bertz CT molecular complexity index is 2120. The minimum atomic E-state index is -3.87. The minimum Gasteiger partial charge on any atom is -0.497 e. The molecule has 0 spiro atoms. The summed E-state index contributed by atoms with van der Waals surface area (Å²) in [7, 11) is -2.29. The Morgan fingerprint density at radius 3 is 2.37 bits per heavy atom. The van der Waals surface area contributed by atoms with E-state index in [-0.39, 0.29) is 25.0 Å². The number of hydrogen-bond donors (Lipinski definition) is 3. The van der Waals surface area contributed by atoms with Gasteiger partial charge in [0, 0.05) is 29.5 Å². The maximum absolute atomic E-state index is 14.6. The summed E-state index contributed by atoms with van der Waals surface area (Å²) in [6.45, 7) is 0.0199. The van der Waals surface area contributed by atoms with Crippen molar-refractivity contribution in [2.24, 2.45) is 5.92 Å². The van der Waals surface area contributed by atoms with E-state index >= 15 is 0 Å². The molecular formula is C42H51N5O9S. The topological polar surface area (TPSA) is 182 Å². The lowest BCUT2D eigenvalue weighted by molar-refractivity contribution is -0.141. The van der Waals surface area contributed by atoms with Crippen LogP contribution in [0.5, 0.6) is 11.5 Å². The zero-order valence-corrected chi connectivity index (χ0v) is 33.1. The molecule has 3 aromatic rings. The molecule has 4 amide bonds. The van der Waals surface area contributed by atoms with Crippen LogP contribution in [0.1, 0.15) is 89.9 Å². The Kier molecular flexibility index (Phi) is 11.0. The highest BCUT2D eigenvalue weighted by molar-refractivity contribution is 7.91. The third-order valence-corrected chi connectivity index (χ3v) is 14.0. The van der Waals surface area contributed by atoms with Gasteiger partial charge in [0.1, 0.15) is 41.3 Å². The number of ether oxygens (including phenoxy) is 3. The molecule has 2 saturated heterocycles. The number of hydrogen-bond acceptors (Lipinski definition) is 10. The van der Waals surface area contributed by atoms with Gasteiger partial charge in [0.2, 0.25) is 21.8 Å². The number of nitrogens with zero attached hydrogens (tertiary/aromatic N) is 2. The summed E-state index contributed by atoms with van der Waals surface area (Å²) in [4.78, 5) is 62.5. The van der Waals surface area contributed by atoms with Gasteiger partial charge in [-0.05, 0) is 75.8 Å². The SMILES string of the molecule is COc1ccc2c(O[C@@H]3CC4C(=O)N[C@]5(C(=O)NS(=O)(=O)C6CC6)C[C@H]5CCCCCCC(NC(=O)OC5CCCC5)C(=O)N4C3)cc(-c3ccccc3)nc2c1. The summed E-state index contributed by atoms with van der Waals surface area (Å²) in [5.41, 5.74) is 0.755. The van der Waals surface area contributed by atoms with Crippen LogP contribution in [0, 0.1) is 5.92 Å². The Labute approximate surface area is 332 Å². The molecule has 304 valence electrons. The van der Waals surface area contributed by atoms with Crippen LogP contribution in [0.25, 0.3) is 22.2 Å². The second-order valence-electron chi connectivity index (χ2n) is 16.3. The molecule has 2 aliphatic heterocycles. The number of fused-ring (bicyclic) bond motifs is 3. The standard InChI is InChI=1S/C42H51N5O9S/c1-54-29-17-20-32-35(21-29)43-34(26-11-5-4-6-12-26)23-37(32)55-30-22-36-38(48)45-42(40(50)46-57(52,53)31-18-19-31)24-27(42)13-7-2-3-8-16-33(39(49)47(36)25-30)44-41(51)56-28-14-9-10-15-28/h4-6,11-12,17,20-21,23,27-28,30-31,33,36H,2-3,7-10,13-16,18-19,22,24-25H2,1H3,(H,44,51)(H,45,48)(H,46,50)/t27-,30-,33?,36?,42-/m1/s1. The van der Waals surface area contributed by atoms with Crippen LogP contribution < -0.4 is 24.8 Å². The molecule has 3 saturated carbocycles. The number of sulfonamides is 1. The fourth-order valence-electron chi connectivity index (χ4n) is 8.75. The summed E-state index contributed by atoms with van der Waals surface area (Å²) in [5, 5.41) is 5.89. The number of methoxy groups -OCH3 is 1. The van der Waals surface area contributed by atoms with Gasteiger partial charge in [-0.25, -0.2) is 18.2 Å². The van der Waals surface area contributed by atoms with Crippen LogP contribution in [0.15, 0.2) is 54.6 Å². The van der Waals surface area contributed by atoms with Crippen molar-refractivity contribution in [3.63, 3.8) is 0 Å². The molecular weight excluding hydrogens is 751 g/mol. The van der Waals surface area contributed by atoms with Crippen molar-refractivity contribution in [3.05, 3.63) is 54.6 Å². The van der Waals surface area contributed by atoms with Crippen molar-refractivity contribution in [1.29, 1.82) is 0 Å². The first kappa shape index (κ1) is 38.9. The summed E-state index contributed by atoms with van der Waals surface area (Å²) >= 11 is 0. The number of benzene rings is 2. The van der Waals surface area contributed by atoms with Gasteiger partial charge in [-0.3, -0.25) is 19.1 Å². The molecule has 2 aromatic carbocycles. The zero-order chi connectivity index (χ0) is 39.7. The van der Waals surface area contributed by atoms with Gasteiger partial charge in [0.25, 0.3) is 5.91 Å². The molecule has 3 heterocycles. The third kappa shape index (κ3) is 8.53. The summed E-state index contributed by atoms with van der Waals surface area (Å²) in [6.07, 6.45) is 7.36. The average Bonchev–Trinajstić information content (AvgIpc) is 4.08. The Morgan fingerprint density at radius 2 is 1.63 bits per heavy atom. The van der Waals surface area contributed by atoms with E-state index in [9.17, 15) is 27.6 Å². The predicted octanol–water partition coefficient (Wildman–Crippen LogP) is 5.13. The lowest BCUT2D eigenvalue weighted by atomic mass is 10.0. The molecule has 5 aliphatic rings. The second-order valence-corrected chi connectivity index (χ2v) is 18.2. The molecule has 3 aliphatic carbocycles. The van der Waals surface area contributed by atoms with Gasteiger partial charge < -0.3 is 29.7 Å². The van der Waals surface area contributed by atoms with Crippen LogP contribution in [0.2, 0.25) is 0 Å². The van der Waals surface area contributed by atoms with Crippen LogP contribution in [-0.4, -0.2) is 90.9 Å². The van der Waals surface area contributed by atoms with Gasteiger partial charge in [-0.2, -0.15) is 0 Å². The molecule has 15 heteroatoms. The summed E-state index contributed by atoms with van der Waals surface area (Å²) < 4.78 is 46.0. The quantitative estimate of drug-likeness (QED) is 0.262. The maximum Gasteiger partial charge on any atom is 0.408 e. The van der Waals surface area contributed by atoms with Crippen LogP contribution in [-0.2, 0) is 29.1 Å². The van der Waals surface area contributed by atoms with Gasteiger partial charge in [0.15, 0.2) is 0 Å². The first-order valence-electron chi connectivity index (χ1n) is 20.4. The predicted molar refractivity (Wildman–Crippen MR) is 211 cm³/mol. The lowest BCUT2D eigenvalue weighted by Crippen LogP contribution is -2.58. The molecule has 5 fully saturated rings. The van der Waals surface area contributed by atoms with Crippen molar-refractivity contribution >= 4 is 44.7 Å². The molecule has 1 aromatic heterocycles. The number of rotatable bonds is 9. The van der Waals surface area contributed by atoms with E-state index in [0.717, 1.165) is 50.5 Å². The van der Waals surface area contributed by atoms with E-state index in [1.807, 2.05) is 54.6 Å². The maximum atomic E-state index is 14.6. The van der Waals surface area contributed by atoms with Crippen LogP contribution in [0.3, 0.4) is 0 Å². The molecule has 2 unspecified atom stereocenters.